The molecule has 0 saturated heterocycles. The number of benzene rings is 1. The minimum atomic E-state index is 0.586. The molecule has 6 nitrogen and oxygen atoms in total. The number of likely N-dealkylation sites (N-methyl/N-ethyl adjacent to an activating group) is 1. The van der Waals surface area contributed by atoms with Gasteiger partial charge >= 0.3 is 0 Å². The molecule has 1 aliphatic heterocycles. The van der Waals surface area contributed by atoms with E-state index in [1.165, 1.54) is 5.57 Å². The highest BCUT2D eigenvalue weighted by atomic mass is 16.5. The molecule has 6 heteroatoms. The highest BCUT2D eigenvalue weighted by molar-refractivity contribution is 5.64. The zero-order chi connectivity index (χ0) is 18.6. The summed E-state index contributed by atoms with van der Waals surface area (Å²) in [6.07, 6.45) is 5.66. The molecule has 138 valence electrons. The minimum Gasteiger partial charge on any atom is -0.497 e. The first-order valence-electron chi connectivity index (χ1n) is 8.76. The van der Waals surface area contributed by atoms with Crippen LogP contribution in [-0.4, -0.2) is 42.3 Å². The lowest BCUT2D eigenvalue weighted by molar-refractivity contribution is 0.272. The normalized spacial score (nSPS) is 13.1. The van der Waals surface area contributed by atoms with Crippen LogP contribution in [0.1, 0.15) is 11.3 Å². The SMILES string of the molecule is COc1ccc2c(c1)C=C(CN(C)Cc1cc(-c3ccncc3)no1)CO2. The molecule has 1 aromatic carbocycles. The van der Waals surface area contributed by atoms with Crippen LogP contribution in [0.15, 0.2) is 58.9 Å². The van der Waals surface area contributed by atoms with Gasteiger partial charge in [-0.15, -0.1) is 0 Å². The molecule has 0 amide bonds. The van der Waals surface area contributed by atoms with Crippen LogP contribution in [0.4, 0.5) is 0 Å². The number of hydrogen-bond donors (Lipinski definition) is 0. The number of methoxy groups -OCH3 is 1. The molecule has 0 N–H and O–H groups in total. The predicted molar refractivity (Wildman–Crippen MR) is 103 cm³/mol. The third kappa shape index (κ3) is 4.01. The first-order chi connectivity index (χ1) is 13.2. The van der Waals surface area contributed by atoms with Crippen LogP contribution in [0.2, 0.25) is 0 Å². The monoisotopic (exact) mass is 363 g/mol. The molecule has 2 aromatic heterocycles. The van der Waals surface area contributed by atoms with E-state index in [9.17, 15) is 0 Å². The Labute approximate surface area is 158 Å². The smallest absolute Gasteiger partial charge is 0.151 e. The van der Waals surface area contributed by atoms with Gasteiger partial charge in [-0.05, 0) is 49.0 Å². The topological polar surface area (TPSA) is 60.6 Å². The van der Waals surface area contributed by atoms with Gasteiger partial charge in [-0.25, -0.2) is 0 Å². The molecule has 0 bridgehead atoms. The standard InChI is InChI=1S/C21H21N3O3/c1-24(13-19-11-20(23-27-19)16-5-7-22-8-6-16)12-15-9-17-10-18(25-2)3-4-21(17)26-14-15/h3-11H,12-14H2,1-2H3. The number of nitrogens with zero attached hydrogens (tertiary/aromatic N) is 3. The van der Waals surface area contributed by atoms with E-state index in [2.05, 4.69) is 28.2 Å². The number of pyridine rings is 1. The molecule has 0 atom stereocenters. The Bertz CT molecular complexity index is 950. The van der Waals surface area contributed by atoms with E-state index in [1.54, 1.807) is 19.5 Å². The van der Waals surface area contributed by atoms with E-state index in [-0.39, 0.29) is 0 Å². The fourth-order valence-electron chi connectivity index (χ4n) is 3.14. The average molecular weight is 363 g/mol. The Morgan fingerprint density at radius 1 is 1.11 bits per heavy atom. The van der Waals surface area contributed by atoms with Crippen LogP contribution in [0.25, 0.3) is 17.3 Å². The van der Waals surface area contributed by atoms with Crippen molar-refractivity contribution in [1.82, 2.24) is 15.0 Å². The van der Waals surface area contributed by atoms with Crippen LogP contribution in [-0.2, 0) is 6.54 Å². The Hall–Kier alpha value is -3.12. The van der Waals surface area contributed by atoms with E-state index in [4.69, 9.17) is 14.0 Å². The molecule has 3 heterocycles. The van der Waals surface area contributed by atoms with E-state index >= 15 is 0 Å². The van der Waals surface area contributed by atoms with Crippen molar-refractivity contribution in [3.8, 4) is 22.8 Å². The van der Waals surface area contributed by atoms with Crippen molar-refractivity contribution in [2.24, 2.45) is 0 Å². The van der Waals surface area contributed by atoms with E-state index in [0.29, 0.717) is 13.2 Å². The molecule has 0 saturated carbocycles. The van der Waals surface area contributed by atoms with Crippen molar-refractivity contribution >= 4 is 6.08 Å². The van der Waals surface area contributed by atoms with E-state index in [1.807, 2.05) is 36.4 Å². The maximum atomic E-state index is 5.86. The molecular weight excluding hydrogens is 342 g/mol. The summed E-state index contributed by atoms with van der Waals surface area (Å²) in [5, 5.41) is 4.15. The first-order valence-corrected chi connectivity index (χ1v) is 8.76. The van der Waals surface area contributed by atoms with Crippen LogP contribution in [0.5, 0.6) is 11.5 Å². The molecule has 0 radical (unpaired) electrons. The lowest BCUT2D eigenvalue weighted by Gasteiger charge is -2.22. The summed E-state index contributed by atoms with van der Waals surface area (Å²) >= 11 is 0. The maximum Gasteiger partial charge on any atom is 0.151 e. The molecule has 0 aliphatic carbocycles. The summed E-state index contributed by atoms with van der Waals surface area (Å²) in [6, 6.07) is 11.7. The Morgan fingerprint density at radius 3 is 2.78 bits per heavy atom. The zero-order valence-corrected chi connectivity index (χ0v) is 15.4. The van der Waals surface area contributed by atoms with Crippen molar-refractivity contribution < 1.29 is 14.0 Å². The van der Waals surface area contributed by atoms with Crippen LogP contribution in [0.3, 0.4) is 0 Å². The maximum absolute atomic E-state index is 5.86. The van der Waals surface area contributed by atoms with Crippen LogP contribution < -0.4 is 9.47 Å². The molecule has 0 unspecified atom stereocenters. The molecule has 3 aromatic rings. The average Bonchev–Trinajstić information content (AvgIpc) is 3.16. The Morgan fingerprint density at radius 2 is 1.96 bits per heavy atom. The van der Waals surface area contributed by atoms with Gasteiger partial charge in [-0.1, -0.05) is 5.16 Å². The Balaban J connectivity index is 1.42. The molecule has 0 fully saturated rings. The van der Waals surface area contributed by atoms with E-state index in [0.717, 1.165) is 40.6 Å². The van der Waals surface area contributed by atoms with Gasteiger partial charge in [0.15, 0.2) is 5.76 Å². The van der Waals surface area contributed by atoms with Crippen molar-refractivity contribution in [2.75, 3.05) is 27.3 Å². The minimum absolute atomic E-state index is 0.586. The van der Waals surface area contributed by atoms with Gasteiger partial charge in [0.1, 0.15) is 23.8 Å². The summed E-state index contributed by atoms with van der Waals surface area (Å²) in [5.41, 5.74) is 4.06. The summed E-state index contributed by atoms with van der Waals surface area (Å²) in [6.45, 7) is 2.03. The molecule has 27 heavy (non-hydrogen) atoms. The van der Waals surface area contributed by atoms with Gasteiger partial charge in [-0.2, -0.15) is 0 Å². The quantitative estimate of drug-likeness (QED) is 0.666. The zero-order valence-electron chi connectivity index (χ0n) is 15.4. The predicted octanol–water partition coefficient (Wildman–Crippen LogP) is 3.65. The van der Waals surface area contributed by atoms with Crippen molar-refractivity contribution in [3.05, 3.63) is 65.7 Å². The van der Waals surface area contributed by atoms with Crippen molar-refractivity contribution in [3.63, 3.8) is 0 Å². The summed E-state index contributed by atoms with van der Waals surface area (Å²) < 4.78 is 16.6. The molecule has 4 rings (SSSR count). The second-order valence-corrected chi connectivity index (χ2v) is 6.58. The summed E-state index contributed by atoms with van der Waals surface area (Å²) in [5.74, 6) is 2.54. The lowest BCUT2D eigenvalue weighted by Crippen LogP contribution is -2.24. The van der Waals surface area contributed by atoms with Crippen molar-refractivity contribution in [1.29, 1.82) is 0 Å². The third-order valence-electron chi connectivity index (χ3n) is 4.42. The highest BCUT2D eigenvalue weighted by Gasteiger charge is 2.15. The van der Waals surface area contributed by atoms with Gasteiger partial charge in [-0.3, -0.25) is 9.88 Å². The number of aromatic nitrogens is 2. The Kier molecular flexibility index (Phi) is 4.89. The molecular formula is C21H21N3O3. The third-order valence-corrected chi connectivity index (χ3v) is 4.42. The van der Waals surface area contributed by atoms with Crippen LogP contribution in [0, 0.1) is 0 Å². The second-order valence-electron chi connectivity index (χ2n) is 6.58. The second kappa shape index (κ2) is 7.63. The van der Waals surface area contributed by atoms with Gasteiger partial charge in [0, 0.05) is 36.1 Å². The summed E-state index contributed by atoms with van der Waals surface area (Å²) in [7, 11) is 3.72. The van der Waals surface area contributed by atoms with Crippen LogP contribution >= 0.6 is 0 Å². The largest absolute Gasteiger partial charge is 0.497 e. The van der Waals surface area contributed by atoms with Gasteiger partial charge in [0.25, 0.3) is 0 Å². The van der Waals surface area contributed by atoms with Gasteiger partial charge < -0.3 is 14.0 Å². The molecule has 1 aliphatic rings. The first kappa shape index (κ1) is 17.3. The number of hydrogen-bond acceptors (Lipinski definition) is 6. The molecule has 0 spiro atoms. The van der Waals surface area contributed by atoms with Gasteiger partial charge in [0.2, 0.25) is 0 Å². The van der Waals surface area contributed by atoms with E-state index < -0.39 is 0 Å². The fraction of sp³-hybridized carbons (Fsp3) is 0.238. The van der Waals surface area contributed by atoms with Crippen molar-refractivity contribution in [2.45, 2.75) is 6.54 Å². The fourth-order valence-corrected chi connectivity index (χ4v) is 3.14. The summed E-state index contributed by atoms with van der Waals surface area (Å²) in [4.78, 5) is 6.20. The number of fused-ring (bicyclic) bond motifs is 1. The number of ether oxygens (including phenoxy) is 2. The van der Waals surface area contributed by atoms with Gasteiger partial charge in [0.05, 0.1) is 13.7 Å². The number of rotatable bonds is 6. The lowest BCUT2D eigenvalue weighted by atomic mass is 10.1. The highest BCUT2D eigenvalue weighted by Crippen LogP contribution is 2.30.